The van der Waals surface area contributed by atoms with Gasteiger partial charge in [-0.2, -0.15) is 0 Å². The molecule has 1 heterocycles. The molecule has 2 rings (SSSR count). The Morgan fingerprint density at radius 3 is 2.63 bits per heavy atom. The van der Waals surface area contributed by atoms with Crippen molar-refractivity contribution in [2.75, 3.05) is 13.7 Å². The highest BCUT2D eigenvalue weighted by Gasteiger charge is 2.10. The number of methoxy groups -OCH3 is 1. The normalized spacial score (nSPS) is 11.7. The molecular weight excluding hydrogens is 268 g/mol. The van der Waals surface area contributed by atoms with Gasteiger partial charge in [0.05, 0.1) is 19.4 Å². The van der Waals surface area contributed by atoms with Crippen molar-refractivity contribution < 1.29 is 14.4 Å². The first kappa shape index (κ1) is 15.5. The smallest absolute Gasteiger partial charge is 0.167 e. The number of nitrogens with two attached hydrogens (primary N) is 1. The van der Waals surface area contributed by atoms with Crippen molar-refractivity contribution in [2.45, 2.75) is 12.5 Å². The highest BCUT2D eigenvalue weighted by molar-refractivity contribution is 5.85. The van der Waals surface area contributed by atoms with Crippen molar-refractivity contribution >= 4 is 12.4 Å². The molecular formula is C13H17ClN2O3. The number of rotatable bonds is 5. The molecule has 0 aliphatic carbocycles. The lowest BCUT2D eigenvalue weighted by Gasteiger charge is -2.02. The molecule has 2 aromatic rings. The van der Waals surface area contributed by atoms with Crippen LogP contribution in [0.2, 0.25) is 0 Å². The maximum Gasteiger partial charge on any atom is 0.167 e. The van der Waals surface area contributed by atoms with Gasteiger partial charge in [-0.05, 0) is 24.3 Å². The van der Waals surface area contributed by atoms with Gasteiger partial charge in [0.15, 0.2) is 5.76 Å². The fraction of sp³-hybridized carbons (Fsp3) is 0.308. The molecule has 1 aromatic heterocycles. The number of hydrogen-bond donors (Lipinski definition) is 2. The van der Waals surface area contributed by atoms with Gasteiger partial charge in [0, 0.05) is 24.1 Å². The zero-order valence-electron chi connectivity index (χ0n) is 10.6. The minimum Gasteiger partial charge on any atom is -0.497 e. The van der Waals surface area contributed by atoms with Gasteiger partial charge in [-0.15, -0.1) is 12.4 Å². The summed E-state index contributed by atoms with van der Waals surface area (Å²) in [5, 5.41) is 12.8. The Hall–Kier alpha value is -1.56. The summed E-state index contributed by atoms with van der Waals surface area (Å²) in [6, 6.07) is 9.04. The number of halogens is 1. The number of aliphatic hydroxyl groups excluding tert-OH is 1. The lowest BCUT2D eigenvalue weighted by molar-refractivity contribution is 0.263. The highest BCUT2D eigenvalue weighted by atomic mass is 35.5. The highest BCUT2D eigenvalue weighted by Crippen LogP contribution is 2.23. The van der Waals surface area contributed by atoms with E-state index in [1.165, 1.54) is 0 Å². The van der Waals surface area contributed by atoms with E-state index in [0.29, 0.717) is 12.2 Å². The van der Waals surface area contributed by atoms with Gasteiger partial charge in [0.25, 0.3) is 0 Å². The van der Waals surface area contributed by atoms with E-state index in [9.17, 15) is 0 Å². The molecule has 0 fully saturated rings. The van der Waals surface area contributed by atoms with Crippen LogP contribution in [0.25, 0.3) is 11.3 Å². The quantitative estimate of drug-likeness (QED) is 0.872. The van der Waals surface area contributed by atoms with Crippen LogP contribution in [0.3, 0.4) is 0 Å². The van der Waals surface area contributed by atoms with Crippen LogP contribution in [0, 0.1) is 0 Å². The molecule has 0 amide bonds. The minimum absolute atomic E-state index is 0. The van der Waals surface area contributed by atoms with Gasteiger partial charge >= 0.3 is 0 Å². The van der Waals surface area contributed by atoms with Crippen molar-refractivity contribution in [3.8, 4) is 17.1 Å². The van der Waals surface area contributed by atoms with Crippen LogP contribution in [0.5, 0.6) is 5.75 Å². The van der Waals surface area contributed by atoms with E-state index in [2.05, 4.69) is 5.16 Å². The molecule has 0 saturated heterocycles. The topological polar surface area (TPSA) is 81.5 Å². The van der Waals surface area contributed by atoms with Crippen LogP contribution < -0.4 is 10.5 Å². The summed E-state index contributed by atoms with van der Waals surface area (Å²) >= 11 is 0. The SMILES string of the molecule is COc1ccc(-c2cc(CC(N)CO)no2)cc1.Cl. The average molecular weight is 285 g/mol. The van der Waals surface area contributed by atoms with Crippen molar-refractivity contribution in [1.29, 1.82) is 0 Å². The van der Waals surface area contributed by atoms with Crippen molar-refractivity contribution in [3.05, 3.63) is 36.0 Å². The third kappa shape index (κ3) is 3.96. The summed E-state index contributed by atoms with van der Waals surface area (Å²) in [5.74, 6) is 1.47. The maximum atomic E-state index is 8.88. The number of aliphatic hydroxyl groups is 1. The first-order valence-electron chi connectivity index (χ1n) is 5.69. The Morgan fingerprint density at radius 1 is 1.37 bits per heavy atom. The summed E-state index contributed by atoms with van der Waals surface area (Å²) in [6.45, 7) is -0.0648. The molecule has 1 unspecified atom stereocenters. The second-order valence-electron chi connectivity index (χ2n) is 4.06. The average Bonchev–Trinajstić information content (AvgIpc) is 2.87. The van der Waals surface area contributed by atoms with Gasteiger partial charge < -0.3 is 20.1 Å². The zero-order valence-corrected chi connectivity index (χ0v) is 11.4. The largest absolute Gasteiger partial charge is 0.497 e. The number of ether oxygens (including phenoxy) is 1. The molecule has 0 radical (unpaired) electrons. The molecule has 104 valence electrons. The lowest BCUT2D eigenvalue weighted by atomic mass is 10.1. The summed E-state index contributed by atoms with van der Waals surface area (Å²) in [5.41, 5.74) is 7.30. The second kappa shape index (κ2) is 7.13. The van der Waals surface area contributed by atoms with Gasteiger partial charge in [0.2, 0.25) is 0 Å². The molecule has 0 aliphatic heterocycles. The van der Waals surface area contributed by atoms with E-state index in [1.807, 2.05) is 30.3 Å². The molecule has 19 heavy (non-hydrogen) atoms. The predicted octanol–water partition coefficient (Wildman–Crippen LogP) is 1.63. The number of hydrogen-bond acceptors (Lipinski definition) is 5. The van der Waals surface area contributed by atoms with Crippen LogP contribution in [-0.4, -0.2) is 30.0 Å². The van der Waals surface area contributed by atoms with Crippen LogP contribution in [0.1, 0.15) is 5.69 Å². The van der Waals surface area contributed by atoms with E-state index in [-0.39, 0.29) is 25.1 Å². The summed E-state index contributed by atoms with van der Waals surface area (Å²) in [4.78, 5) is 0. The van der Waals surface area contributed by atoms with E-state index >= 15 is 0 Å². The Labute approximate surface area is 117 Å². The van der Waals surface area contributed by atoms with E-state index < -0.39 is 0 Å². The zero-order chi connectivity index (χ0) is 13.0. The number of nitrogens with zero attached hydrogens (tertiary/aromatic N) is 1. The third-order valence-corrected chi connectivity index (χ3v) is 2.64. The molecule has 0 spiro atoms. The molecule has 6 heteroatoms. The van der Waals surface area contributed by atoms with Gasteiger partial charge in [0.1, 0.15) is 5.75 Å². The second-order valence-corrected chi connectivity index (χ2v) is 4.06. The van der Waals surface area contributed by atoms with Crippen molar-refractivity contribution in [3.63, 3.8) is 0 Å². The number of benzene rings is 1. The molecule has 0 bridgehead atoms. The lowest BCUT2D eigenvalue weighted by Crippen LogP contribution is -2.26. The Kier molecular flexibility index (Phi) is 5.82. The van der Waals surface area contributed by atoms with Crippen molar-refractivity contribution in [2.24, 2.45) is 5.73 Å². The Balaban J connectivity index is 0.00000180. The Bertz CT molecular complexity index is 499. The van der Waals surface area contributed by atoms with Crippen LogP contribution in [0.4, 0.5) is 0 Å². The van der Waals surface area contributed by atoms with Crippen molar-refractivity contribution in [1.82, 2.24) is 5.16 Å². The Morgan fingerprint density at radius 2 is 2.05 bits per heavy atom. The first-order chi connectivity index (χ1) is 8.72. The van der Waals surface area contributed by atoms with Gasteiger partial charge in [-0.25, -0.2) is 0 Å². The van der Waals surface area contributed by atoms with Crippen LogP contribution >= 0.6 is 12.4 Å². The van der Waals surface area contributed by atoms with Gasteiger partial charge in [-0.1, -0.05) is 5.16 Å². The fourth-order valence-electron chi connectivity index (χ4n) is 1.63. The molecule has 5 nitrogen and oxygen atoms in total. The summed E-state index contributed by atoms with van der Waals surface area (Å²) in [7, 11) is 1.62. The molecule has 3 N–H and O–H groups in total. The molecule has 0 saturated carbocycles. The first-order valence-corrected chi connectivity index (χ1v) is 5.69. The standard InChI is InChI=1S/C13H16N2O3.ClH/c1-17-12-4-2-9(3-5-12)13-7-11(15-18-13)6-10(14)8-16;/h2-5,7,10,16H,6,8,14H2,1H3;1H. The molecule has 1 aromatic carbocycles. The predicted molar refractivity (Wildman–Crippen MR) is 74.5 cm³/mol. The van der Waals surface area contributed by atoms with E-state index in [0.717, 1.165) is 17.0 Å². The maximum absolute atomic E-state index is 8.88. The molecule has 0 aliphatic rings. The molecule has 1 atom stereocenters. The number of aromatic nitrogens is 1. The van der Waals surface area contributed by atoms with E-state index in [4.69, 9.17) is 20.1 Å². The minimum atomic E-state index is -0.307. The summed E-state index contributed by atoms with van der Waals surface area (Å²) in [6.07, 6.45) is 0.496. The summed E-state index contributed by atoms with van der Waals surface area (Å²) < 4.78 is 10.3. The fourth-order valence-corrected chi connectivity index (χ4v) is 1.63. The van der Waals surface area contributed by atoms with Gasteiger partial charge in [-0.3, -0.25) is 0 Å². The van der Waals surface area contributed by atoms with Crippen LogP contribution in [0.15, 0.2) is 34.9 Å². The monoisotopic (exact) mass is 284 g/mol. The van der Waals surface area contributed by atoms with E-state index in [1.54, 1.807) is 7.11 Å². The third-order valence-electron chi connectivity index (χ3n) is 2.64. The van der Waals surface area contributed by atoms with Crippen LogP contribution in [-0.2, 0) is 6.42 Å².